The van der Waals surface area contributed by atoms with Crippen molar-refractivity contribution in [2.75, 3.05) is 12.4 Å². The standard InChI is InChI=1S/C13H16N4OS/c1-3-7-17-13(14-15-16-17)19-9-8-18-12-6-4-5-11(2)10-12/h3-6,10H,1,7-9H2,2H3. The molecule has 0 unspecified atom stereocenters. The third-order valence-corrected chi connectivity index (χ3v) is 3.30. The van der Waals surface area contributed by atoms with Crippen molar-refractivity contribution in [3.63, 3.8) is 0 Å². The first kappa shape index (κ1) is 13.6. The number of ether oxygens (including phenoxy) is 1. The fourth-order valence-corrected chi connectivity index (χ4v) is 2.24. The van der Waals surface area contributed by atoms with Crippen molar-refractivity contribution >= 4 is 11.8 Å². The van der Waals surface area contributed by atoms with E-state index in [1.54, 1.807) is 22.5 Å². The van der Waals surface area contributed by atoms with Crippen LogP contribution in [-0.2, 0) is 6.54 Å². The van der Waals surface area contributed by atoms with E-state index in [0.29, 0.717) is 13.2 Å². The van der Waals surface area contributed by atoms with Gasteiger partial charge in [-0.05, 0) is 35.0 Å². The first-order chi connectivity index (χ1) is 9.29. The van der Waals surface area contributed by atoms with Crippen LogP contribution < -0.4 is 4.74 Å². The maximum Gasteiger partial charge on any atom is 0.209 e. The van der Waals surface area contributed by atoms with Gasteiger partial charge in [-0.1, -0.05) is 30.0 Å². The van der Waals surface area contributed by atoms with E-state index in [1.165, 1.54) is 5.56 Å². The van der Waals surface area contributed by atoms with E-state index in [-0.39, 0.29) is 0 Å². The van der Waals surface area contributed by atoms with Crippen LogP contribution in [-0.4, -0.2) is 32.6 Å². The van der Waals surface area contributed by atoms with E-state index in [9.17, 15) is 0 Å². The summed E-state index contributed by atoms with van der Waals surface area (Å²) >= 11 is 1.57. The first-order valence-electron chi connectivity index (χ1n) is 5.99. The van der Waals surface area contributed by atoms with Crippen LogP contribution in [0.5, 0.6) is 5.75 Å². The van der Waals surface area contributed by atoms with Crippen molar-refractivity contribution in [3.05, 3.63) is 42.5 Å². The molecule has 1 aromatic carbocycles. The number of rotatable bonds is 7. The lowest BCUT2D eigenvalue weighted by Crippen LogP contribution is -2.04. The zero-order valence-electron chi connectivity index (χ0n) is 10.8. The van der Waals surface area contributed by atoms with Crippen molar-refractivity contribution < 1.29 is 4.74 Å². The fourth-order valence-electron chi connectivity index (χ4n) is 1.53. The molecule has 0 atom stereocenters. The summed E-state index contributed by atoms with van der Waals surface area (Å²) in [6.07, 6.45) is 1.77. The number of hydrogen-bond donors (Lipinski definition) is 0. The Hall–Kier alpha value is -1.82. The minimum Gasteiger partial charge on any atom is -0.493 e. The van der Waals surface area contributed by atoms with Crippen molar-refractivity contribution in [1.82, 2.24) is 20.2 Å². The highest BCUT2D eigenvalue weighted by Gasteiger charge is 2.05. The molecule has 6 heteroatoms. The van der Waals surface area contributed by atoms with Crippen LogP contribution in [0.4, 0.5) is 0 Å². The second-order valence-corrected chi connectivity index (χ2v) is 5.01. The molecule has 0 aliphatic carbocycles. The van der Waals surface area contributed by atoms with Gasteiger partial charge in [0.1, 0.15) is 5.75 Å². The smallest absolute Gasteiger partial charge is 0.209 e. The number of thioether (sulfide) groups is 1. The molecule has 0 spiro atoms. The highest BCUT2D eigenvalue weighted by Crippen LogP contribution is 2.16. The van der Waals surface area contributed by atoms with Crippen molar-refractivity contribution in [1.29, 1.82) is 0 Å². The number of aromatic nitrogens is 4. The second kappa shape index (κ2) is 6.94. The van der Waals surface area contributed by atoms with E-state index in [4.69, 9.17) is 4.74 Å². The second-order valence-electron chi connectivity index (χ2n) is 3.95. The van der Waals surface area contributed by atoms with Crippen LogP contribution in [0.1, 0.15) is 5.56 Å². The fraction of sp³-hybridized carbons (Fsp3) is 0.308. The number of benzene rings is 1. The van der Waals surface area contributed by atoms with Gasteiger partial charge in [0.15, 0.2) is 0 Å². The van der Waals surface area contributed by atoms with E-state index >= 15 is 0 Å². The average molecular weight is 276 g/mol. The number of hydrogen-bond acceptors (Lipinski definition) is 5. The van der Waals surface area contributed by atoms with Gasteiger partial charge in [0.05, 0.1) is 13.2 Å². The summed E-state index contributed by atoms with van der Waals surface area (Å²) in [5.74, 6) is 1.69. The van der Waals surface area contributed by atoms with Crippen LogP contribution in [0.15, 0.2) is 42.1 Å². The zero-order chi connectivity index (χ0) is 13.5. The maximum absolute atomic E-state index is 5.67. The Morgan fingerprint density at radius 3 is 3.16 bits per heavy atom. The van der Waals surface area contributed by atoms with E-state index in [1.807, 2.05) is 31.2 Å². The lowest BCUT2D eigenvalue weighted by atomic mass is 10.2. The Morgan fingerprint density at radius 1 is 1.47 bits per heavy atom. The lowest BCUT2D eigenvalue weighted by Gasteiger charge is -2.06. The normalized spacial score (nSPS) is 10.4. The molecule has 1 aromatic heterocycles. The van der Waals surface area contributed by atoms with Crippen LogP contribution in [0.3, 0.4) is 0 Å². The molecule has 0 bridgehead atoms. The number of aryl methyl sites for hydroxylation is 1. The van der Waals surface area contributed by atoms with Crippen LogP contribution in [0.2, 0.25) is 0 Å². The predicted octanol–water partition coefficient (Wildman–Crippen LogP) is 2.34. The third kappa shape index (κ3) is 4.10. The monoisotopic (exact) mass is 276 g/mol. The van der Waals surface area contributed by atoms with Crippen molar-refractivity contribution in [3.8, 4) is 5.75 Å². The molecule has 0 fully saturated rings. The third-order valence-electron chi connectivity index (χ3n) is 2.37. The van der Waals surface area contributed by atoms with Gasteiger partial charge in [-0.15, -0.1) is 11.7 Å². The summed E-state index contributed by atoms with van der Waals surface area (Å²) < 4.78 is 7.38. The summed E-state index contributed by atoms with van der Waals surface area (Å²) in [6, 6.07) is 8.01. The van der Waals surface area contributed by atoms with Gasteiger partial charge in [-0.3, -0.25) is 0 Å². The van der Waals surface area contributed by atoms with Gasteiger partial charge in [-0.25, -0.2) is 4.68 Å². The molecule has 5 nitrogen and oxygen atoms in total. The molecule has 0 N–H and O–H groups in total. The van der Waals surface area contributed by atoms with Crippen LogP contribution >= 0.6 is 11.8 Å². The predicted molar refractivity (Wildman–Crippen MR) is 75.4 cm³/mol. The van der Waals surface area contributed by atoms with Crippen LogP contribution in [0.25, 0.3) is 0 Å². The molecule has 0 saturated heterocycles. The van der Waals surface area contributed by atoms with Gasteiger partial charge >= 0.3 is 0 Å². The molecule has 0 saturated carbocycles. The topological polar surface area (TPSA) is 52.8 Å². The molecule has 19 heavy (non-hydrogen) atoms. The largest absolute Gasteiger partial charge is 0.493 e. The van der Waals surface area contributed by atoms with Gasteiger partial charge in [0, 0.05) is 5.75 Å². The van der Waals surface area contributed by atoms with Gasteiger partial charge in [0.25, 0.3) is 0 Å². The average Bonchev–Trinajstić information content (AvgIpc) is 2.83. The summed E-state index contributed by atoms with van der Waals surface area (Å²) in [6.45, 7) is 6.96. The number of allylic oxidation sites excluding steroid dienone is 1. The number of tetrazole rings is 1. The molecule has 0 radical (unpaired) electrons. The van der Waals surface area contributed by atoms with Crippen molar-refractivity contribution in [2.24, 2.45) is 0 Å². The highest BCUT2D eigenvalue weighted by atomic mass is 32.2. The Balaban J connectivity index is 1.77. The van der Waals surface area contributed by atoms with Gasteiger partial charge in [-0.2, -0.15) is 0 Å². The Kier molecular flexibility index (Phi) is 4.97. The molecule has 0 aliphatic heterocycles. The van der Waals surface area contributed by atoms with E-state index in [2.05, 4.69) is 22.1 Å². The molecular formula is C13H16N4OS. The Bertz CT molecular complexity index is 541. The Morgan fingerprint density at radius 2 is 2.37 bits per heavy atom. The highest BCUT2D eigenvalue weighted by molar-refractivity contribution is 7.99. The molecular weight excluding hydrogens is 260 g/mol. The van der Waals surface area contributed by atoms with Gasteiger partial charge in [0.2, 0.25) is 5.16 Å². The quantitative estimate of drug-likeness (QED) is 0.441. The molecule has 0 aliphatic rings. The van der Waals surface area contributed by atoms with Crippen molar-refractivity contribution in [2.45, 2.75) is 18.6 Å². The maximum atomic E-state index is 5.67. The molecule has 2 rings (SSSR count). The summed E-state index contributed by atoms with van der Waals surface area (Å²) in [5, 5.41) is 12.3. The van der Waals surface area contributed by atoms with Crippen LogP contribution in [0, 0.1) is 6.92 Å². The Labute approximate surface area is 116 Å². The van der Waals surface area contributed by atoms with E-state index < -0.39 is 0 Å². The minimum atomic E-state index is 0.619. The zero-order valence-corrected chi connectivity index (χ0v) is 11.6. The molecule has 1 heterocycles. The minimum absolute atomic E-state index is 0.619. The molecule has 100 valence electrons. The summed E-state index contributed by atoms with van der Waals surface area (Å²) in [4.78, 5) is 0. The van der Waals surface area contributed by atoms with Gasteiger partial charge < -0.3 is 4.74 Å². The summed E-state index contributed by atoms with van der Waals surface area (Å²) in [7, 11) is 0. The first-order valence-corrected chi connectivity index (χ1v) is 6.97. The summed E-state index contributed by atoms with van der Waals surface area (Å²) in [5.41, 5.74) is 1.19. The lowest BCUT2D eigenvalue weighted by molar-refractivity contribution is 0.343. The van der Waals surface area contributed by atoms with E-state index in [0.717, 1.165) is 16.7 Å². The SMILES string of the molecule is C=CCn1nnnc1SCCOc1cccc(C)c1. The molecule has 2 aromatic rings. The number of nitrogens with zero attached hydrogens (tertiary/aromatic N) is 4. The molecule has 0 amide bonds.